The summed E-state index contributed by atoms with van der Waals surface area (Å²) in [6.45, 7) is 3.19. The lowest BCUT2D eigenvalue weighted by atomic mass is 10.1. The van der Waals surface area contributed by atoms with Crippen LogP contribution < -0.4 is 24.0 Å². The quantitative estimate of drug-likeness (QED) is 0.439. The number of halogens is 1. The summed E-state index contributed by atoms with van der Waals surface area (Å²) in [4.78, 5) is 11.3. The molecule has 0 aromatic rings. The molecule has 1 aliphatic rings. The van der Waals surface area contributed by atoms with Gasteiger partial charge in [0.15, 0.2) is 0 Å². The molecular formula is C10H20INO. The summed E-state index contributed by atoms with van der Waals surface area (Å²) in [7, 11) is 6.56. The Balaban J connectivity index is 0.00000144. The lowest BCUT2D eigenvalue weighted by molar-refractivity contribution is -0.873. The maximum atomic E-state index is 11.3. The lowest BCUT2D eigenvalue weighted by Crippen LogP contribution is -3.00. The first-order valence-electron chi connectivity index (χ1n) is 4.71. The van der Waals surface area contributed by atoms with E-state index in [1.807, 2.05) is 0 Å². The van der Waals surface area contributed by atoms with Crippen molar-refractivity contribution < 1.29 is 33.3 Å². The fourth-order valence-corrected chi connectivity index (χ4v) is 2.11. The van der Waals surface area contributed by atoms with Crippen molar-refractivity contribution in [1.82, 2.24) is 0 Å². The summed E-state index contributed by atoms with van der Waals surface area (Å²) in [5, 5.41) is 0. The smallest absolute Gasteiger partial charge is 0.136 e. The first kappa shape index (κ1) is 13.4. The third-order valence-electron chi connectivity index (χ3n) is 2.53. The van der Waals surface area contributed by atoms with Gasteiger partial charge in [-0.2, -0.15) is 0 Å². The minimum Gasteiger partial charge on any atom is -1.00 e. The highest BCUT2D eigenvalue weighted by Crippen LogP contribution is 2.28. The number of carbonyl (C=O) groups excluding carboxylic acids is 1. The maximum absolute atomic E-state index is 11.3. The average molecular weight is 297 g/mol. The first-order chi connectivity index (χ1) is 5.38. The van der Waals surface area contributed by atoms with Crippen LogP contribution in [0.4, 0.5) is 0 Å². The number of hydrogen-bond donors (Lipinski definition) is 0. The second kappa shape index (κ2) is 4.73. The van der Waals surface area contributed by atoms with Crippen LogP contribution in [0.5, 0.6) is 0 Å². The Morgan fingerprint density at radius 1 is 1.38 bits per heavy atom. The van der Waals surface area contributed by atoms with Gasteiger partial charge in [0.2, 0.25) is 0 Å². The number of rotatable bonds is 2. The molecule has 0 N–H and O–H groups in total. The zero-order chi connectivity index (χ0) is 9.35. The van der Waals surface area contributed by atoms with Crippen molar-refractivity contribution in [2.75, 3.05) is 27.7 Å². The molecule has 0 amide bonds. The highest BCUT2D eigenvalue weighted by molar-refractivity contribution is 5.82. The summed E-state index contributed by atoms with van der Waals surface area (Å²) in [5.74, 6) is 1.42. The van der Waals surface area contributed by atoms with Gasteiger partial charge in [0, 0.05) is 18.3 Å². The highest BCUT2D eigenvalue weighted by Gasteiger charge is 2.32. The molecule has 1 unspecified atom stereocenters. The van der Waals surface area contributed by atoms with Crippen LogP contribution in [-0.4, -0.2) is 38.0 Å². The Kier molecular flexibility index (Phi) is 4.86. The monoisotopic (exact) mass is 297 g/mol. The van der Waals surface area contributed by atoms with E-state index in [-0.39, 0.29) is 24.0 Å². The zero-order valence-corrected chi connectivity index (χ0v) is 11.2. The van der Waals surface area contributed by atoms with Crippen molar-refractivity contribution >= 4 is 5.78 Å². The molecule has 0 aromatic heterocycles. The Morgan fingerprint density at radius 2 is 1.92 bits per heavy atom. The van der Waals surface area contributed by atoms with Crippen molar-refractivity contribution in [3.05, 3.63) is 0 Å². The molecule has 78 valence electrons. The van der Waals surface area contributed by atoms with E-state index in [1.165, 1.54) is 0 Å². The molecule has 2 atom stereocenters. The van der Waals surface area contributed by atoms with Crippen LogP contribution in [0.15, 0.2) is 0 Å². The summed E-state index contributed by atoms with van der Waals surface area (Å²) in [5.41, 5.74) is 0. The Bertz CT molecular complexity index is 186. The predicted octanol–water partition coefficient (Wildman–Crippen LogP) is -1.69. The van der Waals surface area contributed by atoms with Crippen molar-refractivity contribution in [1.29, 1.82) is 0 Å². The largest absolute Gasteiger partial charge is 1.00 e. The van der Waals surface area contributed by atoms with Crippen LogP contribution >= 0.6 is 0 Å². The second-order valence-corrected chi connectivity index (χ2v) is 5.15. The SMILES string of the molecule is CC1C[C@H](C[N+](C)(C)C)CC1=O.[I-]. The number of hydrogen-bond acceptors (Lipinski definition) is 1. The summed E-state index contributed by atoms with van der Waals surface area (Å²) >= 11 is 0. The van der Waals surface area contributed by atoms with E-state index in [1.54, 1.807) is 0 Å². The van der Waals surface area contributed by atoms with E-state index in [0.717, 1.165) is 23.9 Å². The lowest BCUT2D eigenvalue weighted by Gasteiger charge is -2.26. The van der Waals surface area contributed by atoms with Gasteiger partial charge in [-0.3, -0.25) is 4.79 Å². The Hall–Kier alpha value is 0.360. The minimum atomic E-state index is 0. The first-order valence-corrected chi connectivity index (χ1v) is 4.71. The molecule has 0 bridgehead atoms. The molecular weight excluding hydrogens is 277 g/mol. The van der Waals surface area contributed by atoms with Gasteiger partial charge in [-0.1, -0.05) is 6.92 Å². The second-order valence-electron chi connectivity index (χ2n) is 5.15. The summed E-state index contributed by atoms with van der Waals surface area (Å²) < 4.78 is 0.977. The van der Waals surface area contributed by atoms with E-state index < -0.39 is 0 Å². The number of carbonyl (C=O) groups is 1. The predicted molar refractivity (Wildman–Crippen MR) is 49.8 cm³/mol. The van der Waals surface area contributed by atoms with Gasteiger partial charge in [-0.05, 0) is 6.42 Å². The molecule has 0 heterocycles. The van der Waals surface area contributed by atoms with Gasteiger partial charge in [-0.15, -0.1) is 0 Å². The fourth-order valence-electron chi connectivity index (χ4n) is 2.11. The normalized spacial score (nSPS) is 28.8. The molecule has 0 aromatic carbocycles. The topological polar surface area (TPSA) is 17.1 Å². The number of quaternary nitrogens is 1. The van der Waals surface area contributed by atoms with Gasteiger partial charge in [-0.25, -0.2) is 0 Å². The summed E-state index contributed by atoms with van der Waals surface area (Å²) in [6.07, 6.45) is 1.92. The third-order valence-corrected chi connectivity index (χ3v) is 2.53. The van der Waals surface area contributed by atoms with E-state index in [9.17, 15) is 4.79 Å². The van der Waals surface area contributed by atoms with Crippen molar-refractivity contribution in [3.63, 3.8) is 0 Å². The molecule has 1 rings (SSSR count). The van der Waals surface area contributed by atoms with Gasteiger partial charge in [0.25, 0.3) is 0 Å². The van der Waals surface area contributed by atoms with Crippen molar-refractivity contribution in [2.24, 2.45) is 11.8 Å². The molecule has 2 nitrogen and oxygen atoms in total. The molecule has 3 heteroatoms. The van der Waals surface area contributed by atoms with Crippen LogP contribution in [0.25, 0.3) is 0 Å². The Labute approximate surface area is 98.3 Å². The van der Waals surface area contributed by atoms with Crippen LogP contribution in [0.3, 0.4) is 0 Å². The molecule has 1 aliphatic carbocycles. The van der Waals surface area contributed by atoms with E-state index in [4.69, 9.17) is 0 Å². The van der Waals surface area contributed by atoms with Crippen LogP contribution in [0.2, 0.25) is 0 Å². The van der Waals surface area contributed by atoms with Gasteiger partial charge < -0.3 is 28.5 Å². The van der Waals surface area contributed by atoms with Gasteiger partial charge in [0.05, 0.1) is 27.7 Å². The molecule has 0 aliphatic heterocycles. The number of ketones is 1. The van der Waals surface area contributed by atoms with E-state index >= 15 is 0 Å². The number of nitrogens with zero attached hydrogens (tertiary/aromatic N) is 1. The van der Waals surface area contributed by atoms with Crippen molar-refractivity contribution in [3.8, 4) is 0 Å². The number of Topliss-reactive ketones (excluding diaryl/α,β-unsaturated/α-hetero) is 1. The van der Waals surface area contributed by atoms with Crippen LogP contribution in [0, 0.1) is 11.8 Å². The Morgan fingerprint density at radius 3 is 2.23 bits per heavy atom. The van der Waals surface area contributed by atoms with E-state index in [0.29, 0.717) is 17.6 Å². The average Bonchev–Trinajstić information content (AvgIpc) is 2.07. The molecule has 1 fully saturated rings. The van der Waals surface area contributed by atoms with Crippen LogP contribution in [0.1, 0.15) is 19.8 Å². The van der Waals surface area contributed by atoms with Crippen molar-refractivity contribution in [2.45, 2.75) is 19.8 Å². The molecule has 0 spiro atoms. The maximum Gasteiger partial charge on any atom is 0.136 e. The highest BCUT2D eigenvalue weighted by atomic mass is 127. The van der Waals surface area contributed by atoms with Crippen LogP contribution in [-0.2, 0) is 4.79 Å². The standard InChI is InChI=1S/C10H20NO.HI/c1-8-5-9(6-10(8)12)7-11(2,3)4;/h8-9H,5-7H2,1-4H3;1H/q+1;/p-1/t8?,9-;/m0./s1. The molecule has 0 saturated heterocycles. The molecule has 0 radical (unpaired) electrons. The minimum absolute atomic E-state index is 0. The third kappa shape index (κ3) is 4.40. The summed E-state index contributed by atoms with van der Waals surface area (Å²) in [6, 6.07) is 0. The van der Waals surface area contributed by atoms with Gasteiger partial charge in [0.1, 0.15) is 5.78 Å². The van der Waals surface area contributed by atoms with Gasteiger partial charge >= 0.3 is 0 Å². The van der Waals surface area contributed by atoms with E-state index in [2.05, 4.69) is 28.1 Å². The molecule has 1 saturated carbocycles. The zero-order valence-electron chi connectivity index (χ0n) is 9.01. The fraction of sp³-hybridized carbons (Fsp3) is 0.900. The molecule has 13 heavy (non-hydrogen) atoms.